The molecule has 0 amide bonds. The van der Waals surface area contributed by atoms with Crippen molar-refractivity contribution in [3.8, 4) is 0 Å². The van der Waals surface area contributed by atoms with E-state index < -0.39 is 11.8 Å². The summed E-state index contributed by atoms with van der Waals surface area (Å²) in [6.45, 7) is 5.65. The van der Waals surface area contributed by atoms with Gasteiger partial charge in [-0.25, -0.2) is 14.2 Å². The molecule has 0 aliphatic rings. The summed E-state index contributed by atoms with van der Waals surface area (Å²) >= 11 is 1.52. The number of aromatic carboxylic acids is 1. The second kappa shape index (κ2) is 5.58. The highest BCUT2D eigenvalue weighted by molar-refractivity contribution is 7.11. The molecule has 1 aromatic heterocycles. The number of anilines is 1. The lowest BCUT2D eigenvalue weighted by Crippen LogP contribution is -2.12. The van der Waals surface area contributed by atoms with Crippen molar-refractivity contribution in [2.24, 2.45) is 0 Å². The van der Waals surface area contributed by atoms with E-state index in [2.05, 4.69) is 10.3 Å². The van der Waals surface area contributed by atoms with Crippen LogP contribution in [0, 0.1) is 19.7 Å². The molecule has 4 nitrogen and oxygen atoms in total. The zero-order chi connectivity index (χ0) is 14.9. The molecule has 0 aliphatic carbocycles. The molecule has 0 spiro atoms. The molecular weight excluding hydrogens is 279 g/mol. The Kier molecular flexibility index (Phi) is 4.04. The van der Waals surface area contributed by atoms with E-state index in [-0.39, 0.29) is 17.3 Å². The van der Waals surface area contributed by atoms with Crippen LogP contribution in [0.15, 0.2) is 18.2 Å². The largest absolute Gasteiger partial charge is 0.478 e. The quantitative estimate of drug-likeness (QED) is 0.901. The van der Waals surface area contributed by atoms with E-state index in [1.54, 1.807) is 0 Å². The van der Waals surface area contributed by atoms with Gasteiger partial charge in [-0.1, -0.05) is 6.07 Å². The molecule has 1 atom stereocenters. The van der Waals surface area contributed by atoms with Crippen LogP contribution in [-0.4, -0.2) is 16.1 Å². The number of halogens is 1. The van der Waals surface area contributed by atoms with Gasteiger partial charge < -0.3 is 10.4 Å². The minimum atomic E-state index is -1.16. The zero-order valence-corrected chi connectivity index (χ0v) is 12.2. The Bertz CT molecular complexity index is 655. The molecule has 0 bridgehead atoms. The predicted octanol–water partition coefficient (Wildman–Crippen LogP) is 3.77. The van der Waals surface area contributed by atoms with E-state index in [0.717, 1.165) is 15.6 Å². The average molecular weight is 294 g/mol. The van der Waals surface area contributed by atoms with E-state index in [9.17, 15) is 9.18 Å². The first-order chi connectivity index (χ1) is 9.40. The molecule has 106 valence electrons. The van der Waals surface area contributed by atoms with Gasteiger partial charge in [-0.05, 0) is 32.9 Å². The van der Waals surface area contributed by atoms with Crippen LogP contribution in [-0.2, 0) is 0 Å². The number of aryl methyl sites for hydroxylation is 2. The number of nitrogens with one attached hydrogen (secondary N) is 1. The van der Waals surface area contributed by atoms with Crippen molar-refractivity contribution in [1.82, 2.24) is 4.98 Å². The van der Waals surface area contributed by atoms with E-state index >= 15 is 0 Å². The van der Waals surface area contributed by atoms with Crippen molar-refractivity contribution in [2.45, 2.75) is 26.8 Å². The topological polar surface area (TPSA) is 62.2 Å². The number of para-hydroxylation sites is 1. The molecule has 2 N–H and O–H groups in total. The molecule has 2 aromatic rings. The van der Waals surface area contributed by atoms with Gasteiger partial charge in [-0.3, -0.25) is 0 Å². The summed E-state index contributed by atoms with van der Waals surface area (Å²) in [5.74, 6) is -1.73. The Hall–Kier alpha value is -1.95. The predicted molar refractivity (Wildman–Crippen MR) is 77.0 cm³/mol. The summed E-state index contributed by atoms with van der Waals surface area (Å²) in [5.41, 5.74) is 0.814. The first-order valence-corrected chi connectivity index (χ1v) is 6.94. The molecule has 0 saturated carbocycles. The van der Waals surface area contributed by atoms with Crippen LogP contribution >= 0.6 is 11.3 Å². The first kappa shape index (κ1) is 14.5. The molecule has 0 radical (unpaired) electrons. The summed E-state index contributed by atoms with van der Waals surface area (Å²) in [6.07, 6.45) is 0. The summed E-state index contributed by atoms with van der Waals surface area (Å²) in [5, 5.41) is 13.0. The molecule has 0 aliphatic heterocycles. The van der Waals surface area contributed by atoms with Crippen molar-refractivity contribution >= 4 is 23.0 Å². The number of benzene rings is 1. The third kappa shape index (κ3) is 2.80. The number of thiazole rings is 1. The molecule has 6 heteroatoms. The third-order valence-electron chi connectivity index (χ3n) is 2.94. The van der Waals surface area contributed by atoms with Gasteiger partial charge in [-0.15, -0.1) is 11.3 Å². The molecule has 20 heavy (non-hydrogen) atoms. The number of aromatic nitrogens is 1. The summed E-state index contributed by atoms with van der Waals surface area (Å²) < 4.78 is 13.9. The van der Waals surface area contributed by atoms with Gasteiger partial charge in [0.1, 0.15) is 5.82 Å². The van der Waals surface area contributed by atoms with Crippen LogP contribution in [0.4, 0.5) is 10.1 Å². The van der Waals surface area contributed by atoms with Crippen LogP contribution in [0.25, 0.3) is 0 Å². The fourth-order valence-corrected chi connectivity index (χ4v) is 3.01. The van der Waals surface area contributed by atoms with Crippen LogP contribution in [0.3, 0.4) is 0 Å². The number of rotatable bonds is 4. The highest BCUT2D eigenvalue weighted by Crippen LogP contribution is 2.30. The highest BCUT2D eigenvalue weighted by Gasteiger charge is 2.19. The van der Waals surface area contributed by atoms with Gasteiger partial charge >= 0.3 is 5.97 Å². The number of nitrogens with zero attached hydrogens (tertiary/aromatic N) is 1. The molecule has 1 aromatic carbocycles. The average Bonchev–Trinajstić information content (AvgIpc) is 2.70. The van der Waals surface area contributed by atoms with E-state index in [1.807, 2.05) is 20.8 Å². The van der Waals surface area contributed by atoms with Gasteiger partial charge in [0.2, 0.25) is 0 Å². The smallest absolute Gasteiger partial charge is 0.337 e. The fraction of sp³-hybridized carbons (Fsp3) is 0.286. The minimum Gasteiger partial charge on any atom is -0.478 e. The lowest BCUT2D eigenvalue weighted by Gasteiger charge is -2.16. The van der Waals surface area contributed by atoms with Crippen molar-refractivity contribution in [3.05, 3.63) is 45.2 Å². The molecule has 1 unspecified atom stereocenters. The number of hydrogen-bond donors (Lipinski definition) is 2. The number of carbonyl (C=O) groups is 1. The molecule has 1 heterocycles. The van der Waals surface area contributed by atoms with Gasteiger partial charge in [0, 0.05) is 4.88 Å². The molecular formula is C14H15FN2O2S. The van der Waals surface area contributed by atoms with E-state index in [0.29, 0.717) is 0 Å². The fourth-order valence-electron chi connectivity index (χ4n) is 2.08. The van der Waals surface area contributed by atoms with Crippen LogP contribution in [0.2, 0.25) is 0 Å². The maximum atomic E-state index is 13.9. The van der Waals surface area contributed by atoms with Gasteiger partial charge in [0.25, 0.3) is 0 Å². The molecule has 2 rings (SSSR count). The summed E-state index contributed by atoms with van der Waals surface area (Å²) in [7, 11) is 0. The number of carboxylic acid groups (broad SMARTS) is 1. The standard InChI is InChI=1S/C14H15FN2O2S/c1-7-13(20-9(3)16-7)8(2)17-12-10(14(18)19)5-4-6-11(12)15/h4-6,8,17H,1-3H3,(H,18,19). The Labute approximate surface area is 120 Å². The summed E-state index contributed by atoms with van der Waals surface area (Å²) in [4.78, 5) is 16.4. The van der Waals surface area contributed by atoms with Crippen molar-refractivity contribution in [3.63, 3.8) is 0 Å². The van der Waals surface area contributed by atoms with Crippen molar-refractivity contribution in [2.75, 3.05) is 5.32 Å². The third-order valence-corrected chi connectivity index (χ3v) is 4.19. The van der Waals surface area contributed by atoms with Gasteiger partial charge in [0.05, 0.1) is 28.0 Å². The SMILES string of the molecule is Cc1nc(C)c(C(C)Nc2c(F)cccc2C(=O)O)s1. The van der Waals surface area contributed by atoms with Crippen molar-refractivity contribution < 1.29 is 14.3 Å². The zero-order valence-electron chi connectivity index (χ0n) is 11.4. The molecule has 0 fully saturated rings. The summed E-state index contributed by atoms with van der Waals surface area (Å²) in [6, 6.07) is 3.80. The Balaban J connectivity index is 2.35. The lowest BCUT2D eigenvalue weighted by molar-refractivity contribution is 0.0697. The first-order valence-electron chi connectivity index (χ1n) is 6.12. The second-order valence-corrected chi connectivity index (χ2v) is 5.75. The Morgan fingerprint density at radius 2 is 2.15 bits per heavy atom. The maximum Gasteiger partial charge on any atom is 0.337 e. The van der Waals surface area contributed by atoms with Gasteiger partial charge in [0.15, 0.2) is 0 Å². The Morgan fingerprint density at radius 1 is 1.45 bits per heavy atom. The monoisotopic (exact) mass is 294 g/mol. The Morgan fingerprint density at radius 3 is 2.70 bits per heavy atom. The highest BCUT2D eigenvalue weighted by atomic mass is 32.1. The van der Waals surface area contributed by atoms with E-state index in [1.165, 1.54) is 29.5 Å². The van der Waals surface area contributed by atoms with E-state index in [4.69, 9.17) is 5.11 Å². The maximum absolute atomic E-state index is 13.9. The number of hydrogen-bond acceptors (Lipinski definition) is 4. The minimum absolute atomic E-state index is 0.0120. The van der Waals surface area contributed by atoms with Crippen LogP contribution < -0.4 is 5.32 Å². The normalized spacial score (nSPS) is 12.2. The van der Waals surface area contributed by atoms with Crippen LogP contribution in [0.1, 0.15) is 38.9 Å². The van der Waals surface area contributed by atoms with Crippen molar-refractivity contribution in [1.29, 1.82) is 0 Å². The van der Waals surface area contributed by atoms with Gasteiger partial charge in [-0.2, -0.15) is 0 Å². The molecule has 0 saturated heterocycles. The second-order valence-electron chi connectivity index (χ2n) is 4.52. The number of carboxylic acids is 1. The van der Waals surface area contributed by atoms with Crippen LogP contribution in [0.5, 0.6) is 0 Å². The lowest BCUT2D eigenvalue weighted by atomic mass is 10.1.